The Kier molecular flexibility index (Phi) is 2.15. The minimum Gasteiger partial charge on any atom is -0.361 e. The topological polar surface area (TPSA) is 9.23 Å². The average Bonchev–Trinajstić information content (AvgIpc) is 2.70. The van der Waals surface area contributed by atoms with Crippen LogP contribution in [-0.2, 0) is 4.74 Å². The molecule has 2 heteroatoms. The molecule has 0 unspecified atom stereocenters. The summed E-state index contributed by atoms with van der Waals surface area (Å²) in [5.41, 5.74) is 0. The lowest BCUT2D eigenvalue weighted by Gasteiger charge is -2.24. The van der Waals surface area contributed by atoms with Gasteiger partial charge in [-0.2, -0.15) is 0 Å². The average molecular weight is 172 g/mol. The number of rotatable bonds is 2. The van der Waals surface area contributed by atoms with Crippen LogP contribution in [0.2, 0.25) is 0 Å². The van der Waals surface area contributed by atoms with Crippen molar-refractivity contribution in [1.82, 2.24) is 0 Å². The lowest BCUT2D eigenvalue weighted by atomic mass is 9.98. The highest BCUT2D eigenvalue weighted by Gasteiger charge is 2.42. The quantitative estimate of drug-likeness (QED) is 0.498. The van der Waals surface area contributed by atoms with Crippen LogP contribution in [0, 0.1) is 0 Å². The summed E-state index contributed by atoms with van der Waals surface area (Å²) in [6.07, 6.45) is 9.50. The van der Waals surface area contributed by atoms with Gasteiger partial charge in [-0.25, -0.2) is 0 Å². The van der Waals surface area contributed by atoms with Gasteiger partial charge in [0.15, 0.2) is 0 Å². The first kappa shape index (κ1) is 7.93. The fourth-order valence-corrected chi connectivity index (χ4v) is 1.98. The van der Waals surface area contributed by atoms with Gasteiger partial charge < -0.3 is 4.74 Å². The largest absolute Gasteiger partial charge is 0.361 e. The van der Waals surface area contributed by atoms with Crippen molar-refractivity contribution in [3.8, 4) is 0 Å². The molecule has 0 atom stereocenters. The third-order valence-corrected chi connectivity index (χ3v) is 3.17. The molecule has 0 aromatic rings. The predicted octanol–water partition coefficient (Wildman–Crippen LogP) is 2.76. The Morgan fingerprint density at radius 2 is 1.73 bits per heavy atom. The standard InChI is InChI=1S/C9H16OS/c11-9(6-7-9)10-8-4-2-1-3-5-8/h8,11H,1-7H2. The van der Waals surface area contributed by atoms with Gasteiger partial charge >= 0.3 is 0 Å². The Bertz CT molecular complexity index is 136. The summed E-state index contributed by atoms with van der Waals surface area (Å²) in [7, 11) is 0. The van der Waals surface area contributed by atoms with E-state index in [1.165, 1.54) is 32.1 Å². The second-order valence-corrected chi connectivity index (χ2v) is 4.64. The summed E-state index contributed by atoms with van der Waals surface area (Å²) < 4.78 is 5.85. The number of hydrogen-bond donors (Lipinski definition) is 1. The maximum Gasteiger partial charge on any atom is 0.111 e. The monoisotopic (exact) mass is 172 g/mol. The van der Waals surface area contributed by atoms with Gasteiger partial charge in [0.1, 0.15) is 4.93 Å². The molecule has 0 aliphatic heterocycles. The van der Waals surface area contributed by atoms with Crippen LogP contribution in [0.3, 0.4) is 0 Å². The van der Waals surface area contributed by atoms with Crippen molar-refractivity contribution in [3.63, 3.8) is 0 Å². The smallest absolute Gasteiger partial charge is 0.111 e. The fraction of sp³-hybridized carbons (Fsp3) is 1.00. The van der Waals surface area contributed by atoms with Crippen molar-refractivity contribution in [2.24, 2.45) is 0 Å². The summed E-state index contributed by atoms with van der Waals surface area (Å²) in [5.74, 6) is 0. The van der Waals surface area contributed by atoms with E-state index in [2.05, 4.69) is 12.6 Å². The van der Waals surface area contributed by atoms with E-state index >= 15 is 0 Å². The molecular weight excluding hydrogens is 156 g/mol. The van der Waals surface area contributed by atoms with Crippen molar-refractivity contribution in [2.75, 3.05) is 0 Å². The molecule has 0 saturated heterocycles. The van der Waals surface area contributed by atoms with Crippen molar-refractivity contribution in [1.29, 1.82) is 0 Å². The molecule has 2 fully saturated rings. The minimum atomic E-state index is 0.00199. The van der Waals surface area contributed by atoms with Crippen LogP contribution in [0.15, 0.2) is 0 Å². The molecule has 2 saturated carbocycles. The lowest BCUT2D eigenvalue weighted by Crippen LogP contribution is -2.21. The van der Waals surface area contributed by atoms with Crippen molar-refractivity contribution in [2.45, 2.75) is 56.0 Å². The van der Waals surface area contributed by atoms with E-state index in [0.29, 0.717) is 6.10 Å². The summed E-state index contributed by atoms with van der Waals surface area (Å²) in [4.78, 5) is 0.00199. The van der Waals surface area contributed by atoms with Crippen molar-refractivity contribution >= 4 is 12.6 Å². The highest BCUT2D eigenvalue weighted by atomic mass is 32.1. The lowest BCUT2D eigenvalue weighted by molar-refractivity contribution is 0.000705. The summed E-state index contributed by atoms with van der Waals surface area (Å²) in [6.45, 7) is 0. The van der Waals surface area contributed by atoms with Crippen molar-refractivity contribution < 1.29 is 4.74 Å². The van der Waals surface area contributed by atoms with Gasteiger partial charge in [-0.3, -0.25) is 0 Å². The summed E-state index contributed by atoms with van der Waals surface area (Å²) >= 11 is 4.45. The Hall–Kier alpha value is 0.310. The molecule has 0 aromatic heterocycles. The maximum absolute atomic E-state index is 5.85. The minimum absolute atomic E-state index is 0.00199. The molecule has 2 rings (SSSR count). The highest BCUT2D eigenvalue weighted by Crippen LogP contribution is 2.45. The molecule has 0 spiro atoms. The van der Waals surface area contributed by atoms with Gasteiger partial charge in [-0.1, -0.05) is 19.3 Å². The van der Waals surface area contributed by atoms with Crippen LogP contribution >= 0.6 is 12.6 Å². The zero-order valence-corrected chi connectivity index (χ0v) is 7.78. The van der Waals surface area contributed by atoms with Crippen LogP contribution in [0.4, 0.5) is 0 Å². The predicted molar refractivity (Wildman–Crippen MR) is 48.9 cm³/mol. The van der Waals surface area contributed by atoms with E-state index in [1.54, 1.807) is 0 Å². The van der Waals surface area contributed by atoms with Gasteiger partial charge in [0, 0.05) is 0 Å². The van der Waals surface area contributed by atoms with E-state index in [-0.39, 0.29) is 4.93 Å². The first-order valence-corrected chi connectivity index (χ1v) is 5.13. The zero-order valence-electron chi connectivity index (χ0n) is 6.88. The second kappa shape index (κ2) is 2.98. The molecule has 0 bridgehead atoms. The zero-order chi connectivity index (χ0) is 7.73. The van der Waals surface area contributed by atoms with Gasteiger partial charge in [-0.05, 0) is 25.7 Å². The highest BCUT2D eigenvalue weighted by molar-refractivity contribution is 7.82. The van der Waals surface area contributed by atoms with Crippen LogP contribution in [0.1, 0.15) is 44.9 Å². The third kappa shape index (κ3) is 2.12. The van der Waals surface area contributed by atoms with E-state index in [0.717, 1.165) is 12.8 Å². The Morgan fingerprint density at radius 1 is 1.09 bits per heavy atom. The molecule has 0 heterocycles. The molecule has 2 aliphatic rings. The molecule has 11 heavy (non-hydrogen) atoms. The first-order valence-electron chi connectivity index (χ1n) is 4.69. The van der Waals surface area contributed by atoms with Gasteiger partial charge in [-0.15, -0.1) is 12.6 Å². The SMILES string of the molecule is SC1(OC2CCCCC2)CC1. The van der Waals surface area contributed by atoms with Crippen LogP contribution in [0.5, 0.6) is 0 Å². The van der Waals surface area contributed by atoms with Gasteiger partial charge in [0.05, 0.1) is 6.10 Å². The van der Waals surface area contributed by atoms with Crippen LogP contribution in [0.25, 0.3) is 0 Å². The van der Waals surface area contributed by atoms with Gasteiger partial charge in [0.2, 0.25) is 0 Å². The fourth-order valence-electron chi connectivity index (χ4n) is 1.72. The molecule has 2 aliphatic carbocycles. The van der Waals surface area contributed by atoms with E-state index in [1.807, 2.05) is 0 Å². The van der Waals surface area contributed by atoms with Crippen LogP contribution < -0.4 is 0 Å². The third-order valence-electron chi connectivity index (χ3n) is 2.62. The number of hydrogen-bond acceptors (Lipinski definition) is 2. The van der Waals surface area contributed by atoms with Crippen LogP contribution in [-0.4, -0.2) is 11.0 Å². The van der Waals surface area contributed by atoms with E-state index < -0.39 is 0 Å². The maximum atomic E-state index is 5.85. The molecule has 0 amide bonds. The summed E-state index contributed by atoms with van der Waals surface area (Å²) in [5, 5.41) is 0. The van der Waals surface area contributed by atoms with Gasteiger partial charge in [0.25, 0.3) is 0 Å². The van der Waals surface area contributed by atoms with Crippen molar-refractivity contribution in [3.05, 3.63) is 0 Å². The second-order valence-electron chi connectivity index (χ2n) is 3.82. The Labute approximate surface area is 73.9 Å². The molecule has 0 aromatic carbocycles. The molecule has 64 valence electrons. The van der Waals surface area contributed by atoms with E-state index in [9.17, 15) is 0 Å². The Balaban J connectivity index is 1.76. The molecule has 1 nitrogen and oxygen atoms in total. The van der Waals surface area contributed by atoms with E-state index in [4.69, 9.17) is 4.74 Å². The molecule has 0 radical (unpaired) electrons. The first-order chi connectivity index (χ1) is 5.29. The number of ether oxygens (including phenoxy) is 1. The molecular formula is C9H16OS. The normalized spacial score (nSPS) is 30.3. The summed E-state index contributed by atoms with van der Waals surface area (Å²) in [6, 6.07) is 0. The number of thiol groups is 1. The molecule has 0 N–H and O–H groups in total. The Morgan fingerprint density at radius 3 is 2.27 bits per heavy atom.